The summed E-state index contributed by atoms with van der Waals surface area (Å²) in [6.45, 7) is 6.20. The molecule has 0 saturated heterocycles. The molecule has 4 aromatic rings. The smallest absolute Gasteiger partial charge is 0.162 e. The van der Waals surface area contributed by atoms with Crippen molar-refractivity contribution in [2.24, 2.45) is 11.7 Å². The predicted octanol–water partition coefficient (Wildman–Crippen LogP) is 4.49. The fraction of sp³-hybridized carbons (Fsp3) is 0.296. The van der Waals surface area contributed by atoms with Crippen molar-refractivity contribution in [3.05, 3.63) is 71.4 Å². The average Bonchev–Trinajstić information content (AvgIpc) is 3.25. The molecule has 7 heteroatoms. The number of pyridine rings is 1. The van der Waals surface area contributed by atoms with Gasteiger partial charge >= 0.3 is 0 Å². The van der Waals surface area contributed by atoms with Gasteiger partial charge in [0, 0.05) is 35.9 Å². The molecular formula is C27H29N5OS. The van der Waals surface area contributed by atoms with Crippen LogP contribution < -0.4 is 11.1 Å². The Morgan fingerprint density at radius 3 is 2.56 bits per heavy atom. The van der Waals surface area contributed by atoms with Gasteiger partial charge in [-0.05, 0) is 37.0 Å². The van der Waals surface area contributed by atoms with Crippen LogP contribution in [0.4, 0.5) is 5.82 Å². The number of rotatable bonds is 7. The number of hydrogen-bond acceptors (Lipinski definition) is 7. The number of nitrogens with one attached hydrogen (secondary N) is 1. The number of anilines is 1. The minimum absolute atomic E-state index is 0.00948. The zero-order chi connectivity index (χ0) is 24.1. The van der Waals surface area contributed by atoms with Gasteiger partial charge in [0.15, 0.2) is 5.82 Å². The van der Waals surface area contributed by atoms with Crippen LogP contribution in [0.15, 0.2) is 60.2 Å². The minimum Gasteiger partial charge on any atom is -0.378 e. The molecular weight excluding hydrogens is 442 g/mol. The van der Waals surface area contributed by atoms with Gasteiger partial charge in [0.25, 0.3) is 0 Å². The SMILES string of the molecule is CC(C)C(C)(O)C#Cc1csc2c(NC[C@@H](N)Cc3ccccc3)nc(-c3ccncc3)nc12. The first kappa shape index (κ1) is 23.8. The van der Waals surface area contributed by atoms with Crippen molar-refractivity contribution in [1.82, 2.24) is 15.0 Å². The maximum atomic E-state index is 10.6. The van der Waals surface area contributed by atoms with Crippen LogP contribution in [0.3, 0.4) is 0 Å². The van der Waals surface area contributed by atoms with Crippen molar-refractivity contribution >= 4 is 27.4 Å². The summed E-state index contributed by atoms with van der Waals surface area (Å²) in [5.41, 5.74) is 8.94. The Labute approximate surface area is 204 Å². The second-order valence-corrected chi connectivity index (χ2v) is 9.72. The number of nitrogens with zero attached hydrogens (tertiary/aromatic N) is 3. The van der Waals surface area contributed by atoms with Crippen molar-refractivity contribution < 1.29 is 5.11 Å². The van der Waals surface area contributed by atoms with E-state index < -0.39 is 5.60 Å². The highest BCUT2D eigenvalue weighted by Gasteiger charge is 2.22. The highest BCUT2D eigenvalue weighted by Crippen LogP contribution is 2.32. The van der Waals surface area contributed by atoms with E-state index >= 15 is 0 Å². The van der Waals surface area contributed by atoms with E-state index in [1.807, 2.05) is 49.6 Å². The molecule has 0 amide bonds. The normalized spacial score (nSPS) is 13.8. The molecule has 34 heavy (non-hydrogen) atoms. The Kier molecular flexibility index (Phi) is 7.23. The topological polar surface area (TPSA) is 97.0 Å². The second kappa shape index (κ2) is 10.3. The van der Waals surface area contributed by atoms with E-state index in [-0.39, 0.29) is 12.0 Å². The summed E-state index contributed by atoms with van der Waals surface area (Å²) in [5, 5.41) is 16.0. The number of nitrogens with two attached hydrogens (primary N) is 1. The Balaban J connectivity index is 1.68. The Morgan fingerprint density at radius 1 is 1.12 bits per heavy atom. The summed E-state index contributed by atoms with van der Waals surface area (Å²) in [5.74, 6) is 7.49. The number of aromatic nitrogens is 3. The van der Waals surface area contributed by atoms with E-state index in [1.54, 1.807) is 19.3 Å². The number of fused-ring (bicyclic) bond motifs is 1. The molecule has 0 saturated carbocycles. The largest absolute Gasteiger partial charge is 0.378 e. The molecule has 0 bridgehead atoms. The summed E-state index contributed by atoms with van der Waals surface area (Å²) in [4.78, 5) is 13.7. The lowest BCUT2D eigenvalue weighted by Gasteiger charge is -2.20. The van der Waals surface area contributed by atoms with Gasteiger partial charge in [-0.25, -0.2) is 9.97 Å². The maximum absolute atomic E-state index is 10.6. The van der Waals surface area contributed by atoms with E-state index in [4.69, 9.17) is 15.7 Å². The first-order valence-electron chi connectivity index (χ1n) is 11.3. The lowest BCUT2D eigenvalue weighted by atomic mass is 9.93. The standard InChI is InChI=1S/C27H29N5OS/c1-18(2)27(3,33)12-9-21-17-34-24-23(21)31-25(20-10-13-29-14-11-20)32-26(24)30-16-22(28)15-19-7-5-4-6-8-19/h4-8,10-11,13-14,17-18,22,33H,15-16,28H2,1-3H3,(H,30,31,32)/t22-,27?/m0/s1. The lowest BCUT2D eigenvalue weighted by molar-refractivity contribution is 0.0726. The fourth-order valence-corrected chi connectivity index (χ4v) is 4.21. The van der Waals surface area contributed by atoms with E-state index in [0.717, 1.165) is 33.6 Å². The van der Waals surface area contributed by atoms with E-state index in [2.05, 4.69) is 34.3 Å². The van der Waals surface area contributed by atoms with Gasteiger partial charge in [-0.1, -0.05) is 56.0 Å². The zero-order valence-corrected chi connectivity index (χ0v) is 20.4. The number of hydrogen-bond donors (Lipinski definition) is 3. The monoisotopic (exact) mass is 471 g/mol. The lowest BCUT2D eigenvalue weighted by Crippen LogP contribution is -2.31. The van der Waals surface area contributed by atoms with E-state index in [9.17, 15) is 5.11 Å². The molecule has 174 valence electrons. The Bertz CT molecular complexity index is 1310. The Hall–Kier alpha value is -3.31. The molecule has 0 spiro atoms. The summed E-state index contributed by atoms with van der Waals surface area (Å²) >= 11 is 1.53. The van der Waals surface area contributed by atoms with Crippen molar-refractivity contribution in [3.8, 4) is 23.2 Å². The number of benzene rings is 1. The molecule has 0 aliphatic heterocycles. The van der Waals surface area contributed by atoms with Crippen molar-refractivity contribution in [1.29, 1.82) is 0 Å². The van der Waals surface area contributed by atoms with Crippen LogP contribution in [0.2, 0.25) is 0 Å². The minimum atomic E-state index is -1.08. The first-order chi connectivity index (χ1) is 16.3. The van der Waals surface area contributed by atoms with Crippen molar-refractivity contribution in [3.63, 3.8) is 0 Å². The van der Waals surface area contributed by atoms with Gasteiger partial charge < -0.3 is 16.2 Å². The molecule has 3 heterocycles. The molecule has 0 aliphatic carbocycles. The summed E-state index contributed by atoms with van der Waals surface area (Å²) < 4.78 is 0.915. The van der Waals surface area contributed by atoms with Crippen LogP contribution in [-0.2, 0) is 6.42 Å². The predicted molar refractivity (Wildman–Crippen MR) is 140 cm³/mol. The van der Waals surface area contributed by atoms with Gasteiger partial charge in [0.1, 0.15) is 16.9 Å². The van der Waals surface area contributed by atoms with Gasteiger partial charge in [0.2, 0.25) is 0 Å². The highest BCUT2D eigenvalue weighted by molar-refractivity contribution is 7.18. The van der Waals surface area contributed by atoms with Crippen molar-refractivity contribution in [2.45, 2.75) is 38.8 Å². The third kappa shape index (κ3) is 5.60. The molecule has 6 nitrogen and oxygen atoms in total. The Morgan fingerprint density at radius 2 is 1.85 bits per heavy atom. The van der Waals surface area contributed by atoms with Crippen LogP contribution >= 0.6 is 11.3 Å². The summed E-state index contributed by atoms with van der Waals surface area (Å²) in [6, 6.07) is 13.9. The third-order valence-electron chi connectivity index (χ3n) is 5.80. The molecule has 0 aliphatic rings. The molecule has 4 rings (SSSR count). The third-order valence-corrected chi connectivity index (χ3v) is 6.78. The highest BCUT2D eigenvalue weighted by atomic mass is 32.1. The quantitative estimate of drug-likeness (QED) is 0.344. The molecule has 2 atom stereocenters. The second-order valence-electron chi connectivity index (χ2n) is 8.84. The van der Waals surface area contributed by atoms with E-state index in [1.165, 1.54) is 16.9 Å². The summed E-state index contributed by atoms with van der Waals surface area (Å²) in [7, 11) is 0. The van der Waals surface area contributed by atoms with Crippen molar-refractivity contribution in [2.75, 3.05) is 11.9 Å². The van der Waals surface area contributed by atoms with E-state index in [0.29, 0.717) is 12.4 Å². The zero-order valence-electron chi connectivity index (χ0n) is 19.6. The van der Waals surface area contributed by atoms with Crippen LogP contribution in [0.1, 0.15) is 31.9 Å². The van der Waals surface area contributed by atoms with Gasteiger partial charge in [-0.2, -0.15) is 0 Å². The molecule has 1 aromatic carbocycles. The van der Waals surface area contributed by atoms with Gasteiger partial charge in [-0.3, -0.25) is 4.98 Å². The fourth-order valence-electron chi connectivity index (χ4n) is 3.31. The molecule has 0 radical (unpaired) electrons. The molecule has 4 N–H and O–H groups in total. The molecule has 1 unspecified atom stereocenters. The van der Waals surface area contributed by atoms with Crippen LogP contribution in [0.25, 0.3) is 21.6 Å². The van der Waals surface area contributed by atoms with Gasteiger partial charge in [0.05, 0.1) is 10.3 Å². The average molecular weight is 472 g/mol. The maximum Gasteiger partial charge on any atom is 0.162 e. The number of aliphatic hydroxyl groups is 1. The molecule has 3 aromatic heterocycles. The van der Waals surface area contributed by atoms with Gasteiger partial charge in [-0.15, -0.1) is 11.3 Å². The molecule has 0 fully saturated rings. The number of thiophene rings is 1. The van der Waals surface area contributed by atoms with Crippen LogP contribution in [0.5, 0.6) is 0 Å². The van der Waals surface area contributed by atoms with Crippen LogP contribution in [0, 0.1) is 17.8 Å². The van der Waals surface area contributed by atoms with Crippen LogP contribution in [-0.4, -0.2) is 38.2 Å². The first-order valence-corrected chi connectivity index (χ1v) is 12.2. The summed E-state index contributed by atoms with van der Waals surface area (Å²) in [6.07, 6.45) is 4.21.